The fourth-order valence-electron chi connectivity index (χ4n) is 18.1. The van der Waals surface area contributed by atoms with Gasteiger partial charge in [0.05, 0.1) is 44.3 Å². The molecule has 0 spiro atoms. The maximum Gasteiger partial charge on any atom is 0.159 e. The summed E-state index contributed by atoms with van der Waals surface area (Å²) < 4.78 is 33.4. The van der Waals surface area contributed by atoms with Crippen LogP contribution in [-0.4, -0.2) is 18.3 Å². The zero-order valence-corrected chi connectivity index (χ0v) is 56.7. The van der Waals surface area contributed by atoms with Gasteiger partial charge in [-0.3, -0.25) is 0 Å². The molecule has 8 heteroatoms. The van der Waals surface area contributed by atoms with E-state index in [1.165, 1.54) is 75.1 Å². The zero-order chi connectivity index (χ0) is 67.6. The van der Waals surface area contributed by atoms with Crippen LogP contribution in [0.4, 0.5) is 0 Å². The Morgan fingerprint density at radius 3 is 1.27 bits per heavy atom. The number of benzene rings is 15. The number of rotatable bonds is 7. The Bertz CT molecular complexity index is 7710. The molecule has 0 fully saturated rings. The first kappa shape index (κ1) is 56.4. The smallest absolute Gasteiger partial charge is 0.159 e. The lowest BCUT2D eigenvalue weighted by atomic mass is 9.99. The molecule has 15 aromatic carbocycles. The van der Waals surface area contributed by atoms with Gasteiger partial charge in [-0.15, -0.1) is 11.3 Å². The van der Waals surface area contributed by atoms with Crippen LogP contribution in [0.3, 0.4) is 0 Å². The van der Waals surface area contributed by atoms with Crippen molar-refractivity contribution in [3.8, 4) is 56.1 Å². The molecule has 0 unspecified atom stereocenters. The van der Waals surface area contributed by atoms with E-state index in [2.05, 4.69) is 334 Å². The van der Waals surface area contributed by atoms with Gasteiger partial charge < -0.3 is 31.5 Å². The topological polar surface area (TPSA) is 59.1 Å². The van der Waals surface area contributed by atoms with Gasteiger partial charge in [-0.1, -0.05) is 182 Å². The van der Waals surface area contributed by atoms with Gasteiger partial charge in [0.15, 0.2) is 5.58 Å². The minimum atomic E-state index is 0.818. The summed E-state index contributed by atoms with van der Waals surface area (Å²) in [6.45, 7) is 0. The molecule has 0 atom stereocenters. The number of aryl methyl sites for hydroxylation is 1. The van der Waals surface area contributed by atoms with E-state index in [9.17, 15) is 0 Å². The van der Waals surface area contributed by atoms with Gasteiger partial charge >= 0.3 is 0 Å². The second-order valence-corrected chi connectivity index (χ2v) is 29.1. The maximum atomic E-state index is 7.36. The standard InChI is InChI=1S/C96H56N4O3S/c1-8-31-80-64(18-1)65-19-2-9-32-81(65)97(80)58-40-45-89-76(52-58)71-28-15-25-61(93(71)101-89)55-38-43-86-74(48-55)68-22-5-12-35-84(68)99(86)60-42-47-91-78(54-60)79-50-57(63-27-17-30-73-70-24-7-14-37-92(70)104-96(63)73)51-88(95(79)103-91)100-85-36-13-6-23-69(85)75-49-56(39-44-87(75)100)62-26-16-29-72-77-53-59(41-46-90(77)102-94(62)72)98-82-33-10-3-20-66(82)67-21-4-11-34-83(67)98/h1-3,5-20,22-54H,4,21H2. The lowest BCUT2D eigenvalue weighted by Gasteiger charge is -2.13. The molecule has 484 valence electrons. The van der Waals surface area contributed by atoms with Crippen molar-refractivity contribution in [2.24, 2.45) is 0 Å². The molecular weight excluding hydrogens is 1290 g/mol. The molecule has 8 aromatic heterocycles. The maximum absolute atomic E-state index is 7.36. The van der Waals surface area contributed by atoms with E-state index in [4.69, 9.17) is 13.3 Å². The average Bonchev–Trinajstić information content (AvgIpc) is 1.56. The normalized spacial score (nSPS) is 12.9. The van der Waals surface area contributed by atoms with E-state index >= 15 is 0 Å². The third-order valence-corrected chi connectivity index (χ3v) is 23.9. The fourth-order valence-corrected chi connectivity index (χ4v) is 19.3. The first-order chi connectivity index (χ1) is 51.6. The number of hydrogen-bond acceptors (Lipinski definition) is 4. The van der Waals surface area contributed by atoms with Gasteiger partial charge in [0, 0.05) is 124 Å². The number of thiophene rings is 1. The highest BCUT2D eigenvalue weighted by molar-refractivity contribution is 7.26. The highest BCUT2D eigenvalue weighted by Gasteiger charge is 2.26. The Hall–Kier alpha value is -13.4. The highest BCUT2D eigenvalue weighted by Crippen LogP contribution is 2.49. The quantitative estimate of drug-likeness (QED) is 0.160. The Balaban J connectivity index is 0.663. The predicted molar refractivity (Wildman–Crippen MR) is 435 cm³/mol. The first-order valence-corrected chi connectivity index (χ1v) is 36.6. The number of nitrogens with zero attached hydrogens (tertiary/aromatic N) is 4. The van der Waals surface area contributed by atoms with Gasteiger partial charge in [-0.25, -0.2) is 0 Å². The van der Waals surface area contributed by atoms with Crippen LogP contribution in [0.25, 0.3) is 225 Å². The van der Waals surface area contributed by atoms with E-state index in [0.29, 0.717) is 0 Å². The Morgan fingerprint density at radius 2 is 0.692 bits per heavy atom. The number of hydrogen-bond donors (Lipinski definition) is 0. The Morgan fingerprint density at radius 1 is 0.269 bits per heavy atom. The van der Waals surface area contributed by atoms with Crippen molar-refractivity contribution in [2.45, 2.75) is 12.8 Å². The summed E-state index contributed by atoms with van der Waals surface area (Å²) in [5.74, 6) is 0. The van der Waals surface area contributed by atoms with Gasteiger partial charge in [-0.05, 0) is 174 Å². The van der Waals surface area contributed by atoms with Crippen LogP contribution in [0.1, 0.15) is 17.7 Å². The number of aromatic nitrogens is 4. The molecule has 1 aliphatic rings. The molecule has 0 radical (unpaired) electrons. The van der Waals surface area contributed by atoms with Crippen LogP contribution in [-0.2, 0) is 6.42 Å². The third kappa shape index (κ3) is 7.83. The molecule has 24 rings (SSSR count). The first-order valence-electron chi connectivity index (χ1n) is 35.7. The van der Waals surface area contributed by atoms with Crippen molar-refractivity contribution in [1.29, 1.82) is 0 Å². The van der Waals surface area contributed by atoms with Crippen molar-refractivity contribution < 1.29 is 13.3 Å². The molecule has 1 aliphatic carbocycles. The molecule has 0 aliphatic heterocycles. The molecule has 7 nitrogen and oxygen atoms in total. The van der Waals surface area contributed by atoms with E-state index < -0.39 is 0 Å². The molecule has 0 saturated carbocycles. The summed E-state index contributed by atoms with van der Waals surface area (Å²) in [5, 5.41) is 17.4. The minimum Gasteiger partial charge on any atom is -0.455 e. The molecule has 0 bridgehead atoms. The summed E-state index contributed by atoms with van der Waals surface area (Å²) in [6.07, 6.45) is 6.71. The van der Waals surface area contributed by atoms with Gasteiger partial charge in [-0.2, -0.15) is 0 Å². The summed E-state index contributed by atoms with van der Waals surface area (Å²) in [6, 6.07) is 111. The highest BCUT2D eigenvalue weighted by atomic mass is 32.1. The van der Waals surface area contributed by atoms with Crippen LogP contribution >= 0.6 is 11.3 Å². The van der Waals surface area contributed by atoms with Gasteiger partial charge in [0.1, 0.15) is 27.9 Å². The van der Waals surface area contributed by atoms with Crippen molar-refractivity contribution >= 4 is 180 Å². The van der Waals surface area contributed by atoms with Crippen LogP contribution in [0, 0.1) is 0 Å². The fraction of sp³-hybridized carbons (Fsp3) is 0.0208. The van der Waals surface area contributed by atoms with Crippen molar-refractivity contribution in [3.05, 3.63) is 321 Å². The summed E-state index contributed by atoms with van der Waals surface area (Å²) in [7, 11) is 0. The average molecular weight is 1350 g/mol. The molecule has 0 amide bonds. The zero-order valence-electron chi connectivity index (χ0n) is 55.9. The number of allylic oxidation sites excluding steroid dienone is 1. The monoisotopic (exact) mass is 1340 g/mol. The summed E-state index contributed by atoms with van der Waals surface area (Å²) in [5.41, 5.74) is 26.6. The largest absolute Gasteiger partial charge is 0.455 e. The predicted octanol–water partition coefficient (Wildman–Crippen LogP) is 26.9. The van der Waals surface area contributed by atoms with E-state index in [-0.39, 0.29) is 0 Å². The molecule has 8 heterocycles. The summed E-state index contributed by atoms with van der Waals surface area (Å²) >= 11 is 1.86. The van der Waals surface area contributed by atoms with Crippen molar-refractivity contribution in [3.63, 3.8) is 0 Å². The van der Waals surface area contributed by atoms with Crippen molar-refractivity contribution in [1.82, 2.24) is 18.3 Å². The lowest BCUT2D eigenvalue weighted by Crippen LogP contribution is -2.00. The SMILES string of the molecule is C1=Cc2c(c3ccccc3n2-c2ccc3oc4c(-c5ccc6c(c5)c5ccccc5n6-c5cc(-c6cccc7c6sc6ccccc67)cc6c5oc5ccc(-n7c8ccccc8c8cc(-c9cccc%10c9oc9ccc(-n%11c%12ccccc%12c%12ccccc%12%11)cc9%10)ccc87)cc56)cccc4c3c2)CC1. The number of para-hydroxylation sites is 7. The number of furan rings is 3. The van der Waals surface area contributed by atoms with E-state index in [1.807, 2.05) is 11.3 Å². The van der Waals surface area contributed by atoms with Crippen LogP contribution in [0.15, 0.2) is 323 Å². The Labute approximate surface area is 597 Å². The molecule has 0 saturated heterocycles. The third-order valence-electron chi connectivity index (χ3n) is 22.6. The van der Waals surface area contributed by atoms with E-state index in [0.717, 1.165) is 167 Å². The van der Waals surface area contributed by atoms with Crippen molar-refractivity contribution in [2.75, 3.05) is 0 Å². The van der Waals surface area contributed by atoms with Crippen LogP contribution in [0.5, 0.6) is 0 Å². The van der Waals surface area contributed by atoms with Crippen LogP contribution in [0.2, 0.25) is 0 Å². The number of fused-ring (bicyclic) bond motifs is 24. The molecule has 104 heavy (non-hydrogen) atoms. The van der Waals surface area contributed by atoms with Gasteiger partial charge in [0.25, 0.3) is 0 Å². The lowest BCUT2D eigenvalue weighted by molar-refractivity contribution is 0.666. The molecule has 0 N–H and O–H groups in total. The van der Waals surface area contributed by atoms with E-state index in [1.54, 1.807) is 0 Å². The Kier molecular flexibility index (Phi) is 11.4. The second kappa shape index (κ2) is 21.1. The minimum absolute atomic E-state index is 0.818. The van der Waals surface area contributed by atoms with Crippen LogP contribution < -0.4 is 0 Å². The summed E-state index contributed by atoms with van der Waals surface area (Å²) in [4.78, 5) is 0. The molecule has 23 aromatic rings. The van der Waals surface area contributed by atoms with Gasteiger partial charge in [0.2, 0.25) is 0 Å². The molecular formula is C96H56N4O3S. The second-order valence-electron chi connectivity index (χ2n) is 28.1.